The topological polar surface area (TPSA) is 39.1 Å². The van der Waals surface area contributed by atoms with Gasteiger partial charge in [-0.1, -0.05) is 72.3 Å². The van der Waals surface area contributed by atoms with Crippen molar-refractivity contribution in [3.63, 3.8) is 0 Å². The maximum atomic E-state index is 13.4. The van der Waals surface area contributed by atoms with Crippen LogP contribution in [0.2, 0.25) is 0 Å². The molecule has 1 aliphatic heterocycles. The van der Waals surface area contributed by atoms with Gasteiger partial charge in [-0.25, -0.2) is 0 Å². The zero-order valence-corrected chi connectivity index (χ0v) is 13.8. The first-order valence-electron chi connectivity index (χ1n) is 8.00. The number of aromatic nitrogens is 1. The number of nitrogens with zero attached hydrogens (tertiary/aromatic N) is 1. The van der Waals surface area contributed by atoms with Gasteiger partial charge in [0.1, 0.15) is 0 Å². The number of hydrogen-bond donors (Lipinski definition) is 0. The van der Waals surface area contributed by atoms with E-state index in [9.17, 15) is 9.59 Å². The van der Waals surface area contributed by atoms with Crippen LogP contribution in [0.3, 0.4) is 0 Å². The second-order valence-electron chi connectivity index (χ2n) is 6.21. The molecule has 0 radical (unpaired) electrons. The maximum Gasteiger partial charge on any atom is 0.265 e. The van der Waals surface area contributed by atoms with E-state index in [1.165, 1.54) is 0 Å². The SMILES string of the molecule is O=C1c2cccc3c4ccccc4n(c23)C(=O)[C@]1(Cl)c1ccccc1. The molecular weight excluding hydrogens is 334 g/mol. The van der Waals surface area contributed by atoms with Crippen LogP contribution in [-0.4, -0.2) is 16.3 Å². The fourth-order valence-electron chi connectivity index (χ4n) is 3.77. The lowest BCUT2D eigenvalue weighted by molar-refractivity contribution is 0.0773. The van der Waals surface area contributed by atoms with Crippen molar-refractivity contribution in [2.45, 2.75) is 4.87 Å². The molecule has 0 N–H and O–H groups in total. The van der Waals surface area contributed by atoms with Crippen LogP contribution in [-0.2, 0) is 4.87 Å². The van der Waals surface area contributed by atoms with Crippen LogP contribution < -0.4 is 0 Å². The number of ketones is 1. The van der Waals surface area contributed by atoms with Crippen LogP contribution in [0.1, 0.15) is 20.7 Å². The van der Waals surface area contributed by atoms with E-state index in [0.29, 0.717) is 16.6 Å². The van der Waals surface area contributed by atoms with Crippen molar-refractivity contribution in [3.05, 3.63) is 83.9 Å². The van der Waals surface area contributed by atoms with Crippen molar-refractivity contribution >= 4 is 45.1 Å². The minimum Gasteiger partial charge on any atom is -0.291 e. The summed E-state index contributed by atoms with van der Waals surface area (Å²) in [5, 5.41) is 1.83. The first-order valence-corrected chi connectivity index (χ1v) is 8.38. The molecule has 1 aliphatic rings. The molecule has 3 aromatic carbocycles. The molecule has 0 aliphatic carbocycles. The van der Waals surface area contributed by atoms with E-state index in [1.807, 2.05) is 42.5 Å². The molecule has 4 aromatic rings. The lowest BCUT2D eigenvalue weighted by atomic mass is 9.85. The van der Waals surface area contributed by atoms with E-state index in [-0.39, 0.29) is 5.78 Å². The lowest BCUT2D eigenvalue weighted by Crippen LogP contribution is -2.45. The van der Waals surface area contributed by atoms with Gasteiger partial charge in [-0.15, -0.1) is 0 Å². The average Bonchev–Trinajstić information content (AvgIpc) is 3.00. The highest BCUT2D eigenvalue weighted by molar-refractivity contribution is 6.52. The second-order valence-corrected chi connectivity index (χ2v) is 6.78. The van der Waals surface area contributed by atoms with Gasteiger partial charge in [0.25, 0.3) is 5.91 Å². The second kappa shape index (κ2) is 4.80. The van der Waals surface area contributed by atoms with Gasteiger partial charge < -0.3 is 0 Å². The fraction of sp³-hybridized carbons (Fsp3) is 0.0476. The lowest BCUT2D eigenvalue weighted by Gasteiger charge is -2.30. The van der Waals surface area contributed by atoms with Crippen LogP contribution in [0.25, 0.3) is 21.8 Å². The number of rotatable bonds is 1. The summed E-state index contributed by atoms with van der Waals surface area (Å²) in [5.41, 5.74) is 2.38. The Balaban J connectivity index is 1.96. The number of para-hydroxylation sites is 2. The Morgan fingerprint density at radius 3 is 2.24 bits per heavy atom. The largest absolute Gasteiger partial charge is 0.291 e. The van der Waals surface area contributed by atoms with Gasteiger partial charge in [-0.2, -0.15) is 0 Å². The molecule has 0 spiro atoms. The van der Waals surface area contributed by atoms with Gasteiger partial charge in [0.15, 0.2) is 5.78 Å². The zero-order valence-electron chi connectivity index (χ0n) is 13.1. The van der Waals surface area contributed by atoms with Gasteiger partial charge in [0.2, 0.25) is 4.87 Å². The molecule has 25 heavy (non-hydrogen) atoms. The summed E-state index contributed by atoms with van der Waals surface area (Å²) in [7, 11) is 0. The summed E-state index contributed by atoms with van der Waals surface area (Å²) in [6.45, 7) is 0. The Morgan fingerprint density at radius 1 is 0.760 bits per heavy atom. The van der Waals surface area contributed by atoms with Crippen LogP contribution in [0.5, 0.6) is 0 Å². The first kappa shape index (κ1) is 14.4. The van der Waals surface area contributed by atoms with Crippen LogP contribution in [0, 0.1) is 0 Å². The number of fused-ring (bicyclic) bond motifs is 3. The summed E-state index contributed by atoms with van der Waals surface area (Å²) in [6.07, 6.45) is 0. The predicted octanol–water partition coefficient (Wildman–Crippen LogP) is 4.77. The standard InChI is InChI=1S/C21H12ClNO2/c22-21(13-7-2-1-3-8-13)19(24)16-11-6-10-15-14-9-4-5-12-17(14)23(18(15)16)20(21)25/h1-12H/t21-/m0/s1. The highest BCUT2D eigenvalue weighted by atomic mass is 35.5. The van der Waals surface area contributed by atoms with E-state index >= 15 is 0 Å². The predicted molar refractivity (Wildman–Crippen MR) is 98.4 cm³/mol. The summed E-state index contributed by atoms with van der Waals surface area (Å²) < 4.78 is 1.60. The number of halogens is 1. The smallest absolute Gasteiger partial charge is 0.265 e. The van der Waals surface area contributed by atoms with E-state index in [4.69, 9.17) is 11.6 Å². The Kier molecular flexibility index (Phi) is 2.77. The third kappa shape index (κ3) is 1.66. The molecule has 120 valence electrons. The molecular formula is C21H12ClNO2. The van der Waals surface area contributed by atoms with Gasteiger partial charge in [-0.05, 0) is 17.7 Å². The minimum absolute atomic E-state index is 0.369. The molecule has 1 aromatic heterocycles. The van der Waals surface area contributed by atoms with Crippen molar-refractivity contribution in [3.8, 4) is 0 Å². The molecule has 0 amide bonds. The number of alkyl halides is 1. The Morgan fingerprint density at radius 2 is 1.44 bits per heavy atom. The van der Waals surface area contributed by atoms with Crippen molar-refractivity contribution in [1.29, 1.82) is 0 Å². The Labute approximate surface area is 148 Å². The van der Waals surface area contributed by atoms with Crippen LogP contribution >= 0.6 is 11.6 Å². The first-order chi connectivity index (χ1) is 12.1. The molecule has 0 fully saturated rings. The van der Waals surface area contributed by atoms with Gasteiger partial charge >= 0.3 is 0 Å². The van der Waals surface area contributed by atoms with Crippen molar-refractivity contribution in [1.82, 2.24) is 4.57 Å². The number of benzene rings is 3. The monoisotopic (exact) mass is 345 g/mol. The molecule has 4 heteroatoms. The maximum absolute atomic E-state index is 13.4. The van der Waals surface area contributed by atoms with Crippen molar-refractivity contribution in [2.75, 3.05) is 0 Å². The van der Waals surface area contributed by atoms with Crippen molar-refractivity contribution < 1.29 is 9.59 Å². The summed E-state index contributed by atoms with van der Waals surface area (Å²) >= 11 is 6.75. The number of carbonyl (C=O) groups is 2. The summed E-state index contributed by atoms with van der Waals surface area (Å²) in [5.74, 6) is -0.790. The summed E-state index contributed by atoms with van der Waals surface area (Å²) in [4.78, 5) is 24.9. The average molecular weight is 346 g/mol. The number of Topliss-reactive ketones (excluding diaryl/α,β-unsaturated/α-hetero) is 1. The fourth-order valence-corrected chi connectivity index (χ4v) is 4.08. The Hall–Kier alpha value is -2.91. The molecule has 1 atom stereocenters. The molecule has 0 saturated carbocycles. The van der Waals surface area contributed by atoms with Gasteiger partial charge in [0.05, 0.1) is 11.0 Å². The third-order valence-electron chi connectivity index (χ3n) is 4.92. The van der Waals surface area contributed by atoms with Crippen molar-refractivity contribution in [2.24, 2.45) is 0 Å². The molecule has 3 nitrogen and oxygen atoms in total. The molecule has 0 unspecified atom stereocenters. The van der Waals surface area contributed by atoms with E-state index in [0.717, 1.165) is 16.3 Å². The Bertz CT molecular complexity index is 1190. The van der Waals surface area contributed by atoms with Gasteiger partial charge in [0, 0.05) is 16.3 Å². The molecule has 2 heterocycles. The van der Waals surface area contributed by atoms with E-state index in [2.05, 4.69) is 0 Å². The van der Waals surface area contributed by atoms with Crippen LogP contribution in [0.15, 0.2) is 72.8 Å². The zero-order chi connectivity index (χ0) is 17.2. The van der Waals surface area contributed by atoms with Crippen LogP contribution in [0.4, 0.5) is 0 Å². The molecule has 0 saturated heterocycles. The highest BCUT2D eigenvalue weighted by Crippen LogP contribution is 2.44. The van der Waals surface area contributed by atoms with E-state index in [1.54, 1.807) is 34.9 Å². The number of hydrogen-bond acceptors (Lipinski definition) is 2. The minimum atomic E-state index is -1.75. The summed E-state index contributed by atoms with van der Waals surface area (Å²) in [6, 6.07) is 22.0. The third-order valence-corrected chi connectivity index (χ3v) is 5.47. The molecule has 0 bridgehead atoms. The highest BCUT2D eigenvalue weighted by Gasteiger charge is 2.51. The quantitative estimate of drug-likeness (QED) is 0.368. The van der Waals surface area contributed by atoms with Gasteiger partial charge in [-0.3, -0.25) is 14.2 Å². The van der Waals surface area contributed by atoms with E-state index < -0.39 is 10.8 Å². The normalized spacial score (nSPS) is 19.7. The molecule has 5 rings (SSSR count). The number of carbonyl (C=O) groups excluding carboxylic acids is 2.